The molecule has 0 aromatic heterocycles. The van der Waals surface area contributed by atoms with Crippen molar-refractivity contribution in [2.75, 3.05) is 34.4 Å². The van der Waals surface area contributed by atoms with Crippen LogP contribution >= 0.6 is 0 Å². The van der Waals surface area contributed by atoms with Crippen LogP contribution in [0.3, 0.4) is 0 Å². The maximum atomic E-state index is 13.8. The number of carbonyl (C=O) groups is 3. The molecule has 3 aliphatic rings. The number of allylic oxidation sites excluding steroid dienone is 1. The third-order valence-corrected chi connectivity index (χ3v) is 10.2. The molecule has 2 aliphatic carbocycles. The number of ether oxygens (including phenoxy) is 3. The van der Waals surface area contributed by atoms with E-state index in [1.54, 1.807) is 24.3 Å². The van der Waals surface area contributed by atoms with Crippen molar-refractivity contribution in [1.82, 2.24) is 4.31 Å². The zero-order valence-electron chi connectivity index (χ0n) is 22.8. The molecular weight excluding hydrogens is 534 g/mol. The van der Waals surface area contributed by atoms with Crippen molar-refractivity contribution in [3.8, 4) is 0 Å². The highest BCUT2D eigenvalue weighted by molar-refractivity contribution is 7.89. The van der Waals surface area contributed by atoms with Gasteiger partial charge in [-0.2, -0.15) is 4.31 Å². The molecule has 2 atom stereocenters. The van der Waals surface area contributed by atoms with E-state index in [0.717, 1.165) is 16.7 Å². The predicted octanol–water partition coefficient (Wildman–Crippen LogP) is 3.29. The average Bonchev–Trinajstić information content (AvgIpc) is 3.59. The lowest BCUT2D eigenvalue weighted by molar-refractivity contribution is -0.168. The molecule has 1 heterocycles. The van der Waals surface area contributed by atoms with Crippen molar-refractivity contribution < 1.29 is 37.0 Å². The molecule has 0 radical (unpaired) electrons. The molecule has 2 fully saturated rings. The summed E-state index contributed by atoms with van der Waals surface area (Å²) in [6.07, 6.45) is -0.0664. The number of sulfonamides is 1. The van der Waals surface area contributed by atoms with E-state index in [-0.39, 0.29) is 42.3 Å². The van der Waals surface area contributed by atoms with Crippen LogP contribution in [-0.4, -0.2) is 65.0 Å². The van der Waals surface area contributed by atoms with Crippen molar-refractivity contribution in [1.29, 1.82) is 0 Å². The molecule has 1 saturated carbocycles. The second-order valence-corrected chi connectivity index (χ2v) is 12.4. The van der Waals surface area contributed by atoms with Gasteiger partial charge in [0.25, 0.3) is 0 Å². The van der Waals surface area contributed by atoms with Gasteiger partial charge in [-0.15, -0.1) is 0 Å². The van der Waals surface area contributed by atoms with Gasteiger partial charge < -0.3 is 14.2 Å². The lowest BCUT2D eigenvalue weighted by Crippen LogP contribution is -2.39. The van der Waals surface area contributed by atoms with Crippen LogP contribution in [0.25, 0.3) is 5.57 Å². The van der Waals surface area contributed by atoms with Crippen molar-refractivity contribution in [3.63, 3.8) is 0 Å². The van der Waals surface area contributed by atoms with Gasteiger partial charge in [0.05, 0.1) is 31.8 Å². The first-order chi connectivity index (χ1) is 19.1. The highest BCUT2D eigenvalue weighted by Crippen LogP contribution is 2.58. The molecule has 0 N–H and O–H groups in total. The number of hydrogen-bond acceptors (Lipinski definition) is 8. The Hall–Kier alpha value is -3.76. The molecule has 0 bridgehead atoms. The zero-order valence-corrected chi connectivity index (χ0v) is 23.6. The van der Waals surface area contributed by atoms with Crippen LogP contribution in [0.4, 0.5) is 0 Å². The molecule has 2 aromatic rings. The van der Waals surface area contributed by atoms with Gasteiger partial charge in [0.1, 0.15) is 0 Å². The number of methoxy groups -OCH3 is 3. The maximum Gasteiger partial charge on any atom is 0.338 e. The van der Waals surface area contributed by atoms with E-state index in [4.69, 9.17) is 14.2 Å². The van der Waals surface area contributed by atoms with Gasteiger partial charge in [-0.1, -0.05) is 48.0 Å². The Morgan fingerprint density at radius 3 is 2.05 bits per heavy atom. The molecular formula is C30H31NO8S. The number of benzene rings is 2. The molecule has 2 aromatic carbocycles. The van der Waals surface area contributed by atoms with E-state index in [1.807, 2.05) is 37.3 Å². The van der Waals surface area contributed by atoms with Gasteiger partial charge in [0.15, 0.2) is 5.41 Å². The molecule has 2 unspecified atom stereocenters. The number of esters is 3. The third-order valence-electron chi connectivity index (χ3n) is 8.34. The lowest BCUT2D eigenvalue weighted by atomic mass is 9.72. The molecule has 10 heteroatoms. The van der Waals surface area contributed by atoms with Crippen LogP contribution in [0, 0.1) is 24.2 Å². The molecule has 0 amide bonds. The minimum absolute atomic E-state index is 0.0246. The normalized spacial score (nSPS) is 22.0. The van der Waals surface area contributed by atoms with Crippen molar-refractivity contribution >= 4 is 33.5 Å². The Morgan fingerprint density at radius 2 is 1.48 bits per heavy atom. The average molecular weight is 566 g/mol. The van der Waals surface area contributed by atoms with Crippen molar-refractivity contribution in [2.24, 2.45) is 17.3 Å². The van der Waals surface area contributed by atoms with Gasteiger partial charge in [-0.05, 0) is 60.1 Å². The highest BCUT2D eigenvalue weighted by Gasteiger charge is 2.61. The van der Waals surface area contributed by atoms with Crippen LogP contribution in [0.2, 0.25) is 0 Å². The van der Waals surface area contributed by atoms with Crippen LogP contribution < -0.4 is 0 Å². The van der Waals surface area contributed by atoms with Crippen LogP contribution in [0.15, 0.2) is 76.2 Å². The van der Waals surface area contributed by atoms with Crippen LogP contribution in [0.1, 0.15) is 24.0 Å². The number of fused-ring (bicyclic) bond motifs is 3. The Kier molecular flexibility index (Phi) is 7.18. The summed E-state index contributed by atoms with van der Waals surface area (Å²) in [7, 11) is -0.200. The van der Waals surface area contributed by atoms with E-state index < -0.39 is 39.3 Å². The first kappa shape index (κ1) is 27.8. The van der Waals surface area contributed by atoms with Gasteiger partial charge in [0, 0.05) is 19.0 Å². The quantitative estimate of drug-likeness (QED) is 0.298. The first-order valence-electron chi connectivity index (χ1n) is 12.9. The van der Waals surface area contributed by atoms with Crippen molar-refractivity contribution in [2.45, 2.75) is 24.7 Å². The Balaban J connectivity index is 1.72. The summed E-state index contributed by atoms with van der Waals surface area (Å²) < 4.78 is 44.3. The fraction of sp³-hybridized carbons (Fsp3) is 0.367. The molecule has 5 rings (SSSR count). The second-order valence-electron chi connectivity index (χ2n) is 10.4. The summed E-state index contributed by atoms with van der Waals surface area (Å²) >= 11 is 0. The van der Waals surface area contributed by atoms with Gasteiger partial charge in [0.2, 0.25) is 10.0 Å². The summed E-state index contributed by atoms with van der Waals surface area (Å²) in [5.74, 6) is -2.98. The molecule has 1 aliphatic heterocycles. The SMILES string of the molecule is COC(=O)C1=C2CC(C(=O)OC)(C(=O)OC)CC2C2CN(S(=O)(=O)c3ccc(C)cc3)CC2=C1c1ccccc1. The van der Waals surface area contributed by atoms with E-state index >= 15 is 0 Å². The highest BCUT2D eigenvalue weighted by atomic mass is 32.2. The Bertz CT molecular complexity index is 1520. The standard InChI is InChI=1S/C30H31NO8S/c1-18-10-12-20(13-11-18)40(35,36)31-16-23-21-14-30(28(33)38-3,29(34)39-4)15-22(21)26(27(32)37-2)25(24(23)17-31)19-8-6-5-7-9-19/h5-13,21,23H,14-17H2,1-4H3. The maximum absolute atomic E-state index is 13.8. The number of hydrogen-bond donors (Lipinski definition) is 0. The fourth-order valence-corrected chi connectivity index (χ4v) is 7.88. The minimum atomic E-state index is -3.88. The van der Waals surface area contributed by atoms with Gasteiger partial charge in [-0.25, -0.2) is 13.2 Å². The number of carbonyl (C=O) groups excluding carboxylic acids is 3. The molecule has 9 nitrogen and oxygen atoms in total. The Morgan fingerprint density at radius 1 is 0.850 bits per heavy atom. The summed E-state index contributed by atoms with van der Waals surface area (Å²) in [5, 5.41) is 0. The molecule has 40 heavy (non-hydrogen) atoms. The fourth-order valence-electron chi connectivity index (χ4n) is 6.44. The molecule has 1 saturated heterocycles. The molecule has 0 spiro atoms. The number of nitrogens with zero attached hydrogens (tertiary/aromatic N) is 1. The summed E-state index contributed by atoms with van der Waals surface area (Å²) in [5.41, 5.74) is 2.16. The molecule has 210 valence electrons. The number of aryl methyl sites for hydroxylation is 1. The summed E-state index contributed by atoms with van der Waals surface area (Å²) in [6, 6.07) is 15.9. The van der Waals surface area contributed by atoms with Gasteiger partial charge in [-0.3, -0.25) is 9.59 Å². The van der Waals surface area contributed by atoms with Crippen LogP contribution in [-0.2, 0) is 38.6 Å². The third kappa shape index (κ3) is 4.26. The van der Waals surface area contributed by atoms with Crippen molar-refractivity contribution in [3.05, 3.63) is 82.4 Å². The smallest absolute Gasteiger partial charge is 0.338 e. The predicted molar refractivity (Wildman–Crippen MR) is 145 cm³/mol. The zero-order chi connectivity index (χ0) is 28.8. The van der Waals surface area contributed by atoms with E-state index in [9.17, 15) is 22.8 Å². The first-order valence-corrected chi connectivity index (χ1v) is 14.4. The summed E-state index contributed by atoms with van der Waals surface area (Å²) in [6.45, 7) is 2.07. The second kappa shape index (κ2) is 10.3. The Labute approximate surface area is 233 Å². The van der Waals surface area contributed by atoms with E-state index in [0.29, 0.717) is 11.1 Å². The van der Waals surface area contributed by atoms with E-state index in [2.05, 4.69) is 0 Å². The number of rotatable bonds is 6. The van der Waals surface area contributed by atoms with Crippen LogP contribution in [0.5, 0.6) is 0 Å². The van der Waals surface area contributed by atoms with Gasteiger partial charge >= 0.3 is 17.9 Å². The lowest BCUT2D eigenvalue weighted by Gasteiger charge is -2.31. The largest absolute Gasteiger partial charge is 0.468 e. The minimum Gasteiger partial charge on any atom is -0.468 e. The summed E-state index contributed by atoms with van der Waals surface area (Å²) in [4.78, 5) is 39.8. The topological polar surface area (TPSA) is 116 Å². The monoisotopic (exact) mass is 565 g/mol. The van der Waals surface area contributed by atoms with E-state index in [1.165, 1.54) is 25.6 Å².